The van der Waals surface area contributed by atoms with E-state index in [1.54, 1.807) is 29.7 Å². The van der Waals surface area contributed by atoms with Gasteiger partial charge in [0, 0.05) is 28.5 Å². The molecule has 2 heterocycles. The van der Waals surface area contributed by atoms with E-state index in [1.807, 2.05) is 0 Å². The first-order chi connectivity index (χ1) is 13.1. The van der Waals surface area contributed by atoms with Gasteiger partial charge in [-0.25, -0.2) is 4.98 Å². The van der Waals surface area contributed by atoms with Crippen molar-refractivity contribution in [2.75, 3.05) is 19.5 Å². The van der Waals surface area contributed by atoms with Gasteiger partial charge in [-0.3, -0.25) is 14.0 Å². The zero-order chi connectivity index (χ0) is 19.0. The number of rotatable bonds is 4. The van der Waals surface area contributed by atoms with E-state index < -0.39 is 5.91 Å². The van der Waals surface area contributed by atoms with Crippen molar-refractivity contribution in [3.63, 3.8) is 0 Å². The first-order valence-electron chi connectivity index (χ1n) is 8.68. The highest BCUT2D eigenvalue weighted by Gasteiger charge is 2.21. The van der Waals surface area contributed by atoms with Crippen LogP contribution in [-0.2, 0) is 12.8 Å². The van der Waals surface area contributed by atoms with Crippen molar-refractivity contribution in [3.05, 3.63) is 50.9 Å². The Labute approximate surface area is 159 Å². The highest BCUT2D eigenvalue weighted by molar-refractivity contribution is 7.17. The number of ether oxygens (including phenoxy) is 2. The number of thiazole rings is 1. The van der Waals surface area contributed by atoms with Gasteiger partial charge in [0.2, 0.25) is 0 Å². The zero-order valence-corrected chi connectivity index (χ0v) is 15.9. The summed E-state index contributed by atoms with van der Waals surface area (Å²) in [5, 5.41) is 2.74. The number of aryl methyl sites for hydroxylation is 2. The predicted octanol–water partition coefficient (Wildman–Crippen LogP) is 2.90. The Kier molecular flexibility index (Phi) is 4.57. The normalized spacial score (nSPS) is 13.3. The van der Waals surface area contributed by atoms with Crippen molar-refractivity contribution < 1.29 is 14.3 Å². The molecule has 1 N–H and O–H groups in total. The lowest BCUT2D eigenvalue weighted by Crippen LogP contribution is -2.27. The van der Waals surface area contributed by atoms with Crippen LogP contribution in [0.5, 0.6) is 11.5 Å². The second kappa shape index (κ2) is 7.03. The fraction of sp³-hybridized carbons (Fsp3) is 0.316. The summed E-state index contributed by atoms with van der Waals surface area (Å²) in [7, 11) is 3.06. The standard InChI is InChI=1S/C19H19N3O4S/c1-25-14-8-7-11(9-15(14)26-2)21-17(23)12-10-20-19-22(18(12)24)13-5-3-4-6-16(13)27-19/h7-10H,3-6H2,1-2H3,(H,21,23). The molecule has 0 fully saturated rings. The van der Waals surface area contributed by atoms with Gasteiger partial charge in [0.15, 0.2) is 16.5 Å². The highest BCUT2D eigenvalue weighted by Crippen LogP contribution is 2.30. The van der Waals surface area contributed by atoms with Crippen LogP contribution in [0.3, 0.4) is 0 Å². The Morgan fingerprint density at radius 2 is 1.96 bits per heavy atom. The van der Waals surface area contributed by atoms with Gasteiger partial charge in [0.25, 0.3) is 11.5 Å². The topological polar surface area (TPSA) is 81.9 Å². The van der Waals surface area contributed by atoms with Crippen LogP contribution in [0.1, 0.15) is 33.8 Å². The summed E-state index contributed by atoms with van der Waals surface area (Å²) in [6, 6.07) is 5.03. The molecule has 2 aromatic heterocycles. The lowest BCUT2D eigenvalue weighted by molar-refractivity contribution is 0.102. The number of fused-ring (bicyclic) bond motifs is 3. The van der Waals surface area contributed by atoms with Crippen molar-refractivity contribution >= 4 is 27.9 Å². The average molecular weight is 385 g/mol. The number of nitrogens with zero attached hydrogens (tertiary/aromatic N) is 2. The molecule has 7 nitrogen and oxygen atoms in total. The summed E-state index contributed by atoms with van der Waals surface area (Å²) in [5.74, 6) is 0.556. The molecule has 8 heteroatoms. The fourth-order valence-electron chi connectivity index (χ4n) is 3.34. The maximum Gasteiger partial charge on any atom is 0.271 e. The molecule has 1 aliphatic carbocycles. The SMILES string of the molecule is COc1ccc(NC(=O)c2cnc3sc4c(n3c2=O)CCCC4)cc1OC. The Balaban J connectivity index is 1.69. The van der Waals surface area contributed by atoms with E-state index in [1.165, 1.54) is 29.5 Å². The van der Waals surface area contributed by atoms with Crippen LogP contribution in [0, 0.1) is 0 Å². The summed E-state index contributed by atoms with van der Waals surface area (Å²) in [6.07, 6.45) is 5.35. The van der Waals surface area contributed by atoms with Gasteiger partial charge in [-0.2, -0.15) is 0 Å². The fourth-order valence-corrected chi connectivity index (χ4v) is 4.50. The molecule has 0 radical (unpaired) electrons. The largest absolute Gasteiger partial charge is 0.493 e. The molecule has 1 amide bonds. The lowest BCUT2D eigenvalue weighted by atomic mass is 10.0. The molecule has 140 valence electrons. The number of methoxy groups -OCH3 is 2. The first-order valence-corrected chi connectivity index (χ1v) is 9.49. The molecule has 4 rings (SSSR count). The van der Waals surface area contributed by atoms with E-state index in [-0.39, 0.29) is 11.1 Å². The summed E-state index contributed by atoms with van der Waals surface area (Å²) in [6.45, 7) is 0. The van der Waals surface area contributed by atoms with Crippen LogP contribution < -0.4 is 20.3 Å². The van der Waals surface area contributed by atoms with E-state index in [0.717, 1.165) is 31.4 Å². The Morgan fingerprint density at radius 1 is 1.19 bits per heavy atom. The number of hydrogen-bond donors (Lipinski definition) is 1. The number of amides is 1. The molecular formula is C19H19N3O4S. The summed E-state index contributed by atoms with van der Waals surface area (Å²) < 4.78 is 12.0. The molecule has 0 unspecified atom stereocenters. The Bertz CT molecular complexity index is 1090. The van der Waals surface area contributed by atoms with E-state index in [2.05, 4.69) is 10.3 Å². The van der Waals surface area contributed by atoms with Crippen molar-refractivity contribution in [3.8, 4) is 11.5 Å². The molecule has 0 saturated carbocycles. The maximum atomic E-state index is 12.9. The second-order valence-corrected chi connectivity index (χ2v) is 7.36. The minimum Gasteiger partial charge on any atom is -0.493 e. The number of anilines is 1. The zero-order valence-electron chi connectivity index (χ0n) is 15.1. The van der Waals surface area contributed by atoms with Crippen LogP contribution in [0.4, 0.5) is 5.69 Å². The third-order valence-corrected chi connectivity index (χ3v) is 5.85. The van der Waals surface area contributed by atoms with Crippen molar-refractivity contribution in [1.29, 1.82) is 0 Å². The molecule has 0 bridgehead atoms. The summed E-state index contributed by atoms with van der Waals surface area (Å²) in [4.78, 5) is 31.8. The van der Waals surface area contributed by atoms with Crippen LogP contribution >= 0.6 is 11.3 Å². The highest BCUT2D eigenvalue weighted by atomic mass is 32.1. The maximum absolute atomic E-state index is 12.9. The van der Waals surface area contributed by atoms with Crippen LogP contribution in [0.25, 0.3) is 4.96 Å². The van der Waals surface area contributed by atoms with Gasteiger partial charge in [0.05, 0.1) is 14.2 Å². The van der Waals surface area contributed by atoms with Gasteiger partial charge in [0.1, 0.15) is 5.56 Å². The number of nitrogens with one attached hydrogen (secondary N) is 1. The third-order valence-electron chi connectivity index (χ3n) is 4.69. The van der Waals surface area contributed by atoms with E-state index in [0.29, 0.717) is 22.1 Å². The minimum absolute atomic E-state index is 0.0217. The minimum atomic E-state index is -0.495. The van der Waals surface area contributed by atoms with Gasteiger partial charge in [-0.15, -0.1) is 11.3 Å². The van der Waals surface area contributed by atoms with E-state index in [9.17, 15) is 9.59 Å². The number of hydrogen-bond acceptors (Lipinski definition) is 6. The second-order valence-electron chi connectivity index (χ2n) is 6.30. The van der Waals surface area contributed by atoms with Crippen LogP contribution in [-0.4, -0.2) is 29.5 Å². The third kappa shape index (κ3) is 3.06. The van der Waals surface area contributed by atoms with E-state index >= 15 is 0 Å². The molecule has 27 heavy (non-hydrogen) atoms. The van der Waals surface area contributed by atoms with Crippen molar-refractivity contribution in [2.45, 2.75) is 25.7 Å². The molecule has 0 spiro atoms. The molecule has 0 atom stereocenters. The molecule has 0 aliphatic heterocycles. The molecule has 0 saturated heterocycles. The van der Waals surface area contributed by atoms with Crippen LogP contribution in [0.15, 0.2) is 29.2 Å². The van der Waals surface area contributed by atoms with Gasteiger partial charge < -0.3 is 14.8 Å². The molecular weight excluding hydrogens is 366 g/mol. The number of carbonyl (C=O) groups excluding carboxylic acids is 1. The smallest absolute Gasteiger partial charge is 0.271 e. The van der Waals surface area contributed by atoms with E-state index in [4.69, 9.17) is 9.47 Å². The van der Waals surface area contributed by atoms with Gasteiger partial charge in [-0.05, 0) is 37.8 Å². The number of carbonyl (C=O) groups is 1. The Hall–Kier alpha value is -2.87. The lowest BCUT2D eigenvalue weighted by Gasteiger charge is -2.11. The quantitative estimate of drug-likeness (QED) is 0.747. The van der Waals surface area contributed by atoms with Crippen LogP contribution in [0.2, 0.25) is 0 Å². The predicted molar refractivity (Wildman–Crippen MR) is 103 cm³/mol. The summed E-state index contributed by atoms with van der Waals surface area (Å²) >= 11 is 1.54. The van der Waals surface area contributed by atoms with Crippen molar-refractivity contribution in [1.82, 2.24) is 9.38 Å². The molecule has 1 aliphatic rings. The molecule has 1 aromatic carbocycles. The first kappa shape index (κ1) is 17.5. The monoisotopic (exact) mass is 385 g/mol. The Morgan fingerprint density at radius 3 is 2.74 bits per heavy atom. The van der Waals surface area contributed by atoms with Gasteiger partial charge in [-0.1, -0.05) is 0 Å². The molecule has 3 aromatic rings. The number of aromatic nitrogens is 2. The van der Waals surface area contributed by atoms with Crippen molar-refractivity contribution in [2.24, 2.45) is 0 Å². The average Bonchev–Trinajstić information content (AvgIpc) is 3.07. The number of benzene rings is 1. The summed E-state index contributed by atoms with van der Waals surface area (Å²) in [5.41, 5.74) is 1.21. The van der Waals surface area contributed by atoms with Gasteiger partial charge >= 0.3 is 0 Å².